The van der Waals surface area contributed by atoms with E-state index in [1.165, 1.54) is 0 Å². The van der Waals surface area contributed by atoms with E-state index >= 15 is 0 Å². The van der Waals surface area contributed by atoms with Crippen LogP contribution >= 0.6 is 0 Å². The van der Waals surface area contributed by atoms with E-state index in [1.54, 1.807) is 0 Å². The first-order chi connectivity index (χ1) is 15.0. The topological polar surface area (TPSA) is 141 Å². The van der Waals surface area contributed by atoms with Gasteiger partial charge in [-0.1, -0.05) is 13.3 Å². The number of anilines is 1. The lowest BCUT2D eigenvalue weighted by molar-refractivity contribution is -0.274. The first-order valence-corrected chi connectivity index (χ1v) is 10.8. The summed E-state index contributed by atoms with van der Waals surface area (Å²) in [6.45, 7) is 1.92. The summed E-state index contributed by atoms with van der Waals surface area (Å²) in [7, 11) is -4.12. The fourth-order valence-electron chi connectivity index (χ4n) is 2.81. The Kier molecular flexibility index (Phi) is 6.69. The maximum absolute atomic E-state index is 12.8. The lowest BCUT2D eigenvalue weighted by Crippen LogP contribution is -2.17. The fourth-order valence-corrected chi connectivity index (χ4v) is 4.05. The molecular weight excluding hydrogens is 453 g/mol. The number of hydrogen-bond donors (Lipinski definition) is 2. The Morgan fingerprint density at radius 2 is 1.88 bits per heavy atom. The third-order valence-electron chi connectivity index (χ3n) is 4.27. The summed E-state index contributed by atoms with van der Waals surface area (Å²) in [5.74, 6) is -0.417. The van der Waals surface area contributed by atoms with Gasteiger partial charge >= 0.3 is 6.36 Å². The van der Waals surface area contributed by atoms with Gasteiger partial charge in [0.1, 0.15) is 5.75 Å². The third kappa shape index (κ3) is 5.53. The lowest BCUT2D eigenvalue weighted by atomic mass is 10.1. The van der Waals surface area contributed by atoms with Crippen molar-refractivity contribution in [3.8, 4) is 17.3 Å². The summed E-state index contributed by atoms with van der Waals surface area (Å²) in [6, 6.07) is 4.86. The molecule has 0 spiro atoms. The van der Waals surface area contributed by atoms with Gasteiger partial charge in [0.2, 0.25) is 15.7 Å². The van der Waals surface area contributed by atoms with Gasteiger partial charge in [-0.15, -0.1) is 23.4 Å². The number of aliphatic hydroxyl groups is 1. The van der Waals surface area contributed by atoms with Crippen LogP contribution in [0.5, 0.6) is 5.75 Å². The first kappa shape index (κ1) is 23.5. The average molecular weight is 472 g/mol. The molecule has 1 aromatic carbocycles. The highest BCUT2D eigenvalue weighted by Gasteiger charge is 2.31. The van der Waals surface area contributed by atoms with Crippen LogP contribution < -0.4 is 10.5 Å². The molecule has 1 atom stereocenters. The molecule has 9 nitrogen and oxygen atoms in total. The number of nitrogen functional groups attached to an aromatic ring is 1. The Hall–Kier alpha value is -3.19. The minimum Gasteiger partial charge on any atom is -0.419 e. The fraction of sp³-hybridized carbons (Fsp3) is 0.316. The Bertz CT molecular complexity index is 1180. The number of ether oxygens (including phenoxy) is 1. The van der Waals surface area contributed by atoms with Crippen molar-refractivity contribution in [2.75, 3.05) is 5.73 Å². The van der Waals surface area contributed by atoms with Crippen LogP contribution in [-0.4, -0.2) is 41.2 Å². The van der Waals surface area contributed by atoms with Gasteiger partial charge in [0.25, 0.3) is 5.89 Å². The number of nitrogens with zero attached hydrogens (tertiary/aromatic N) is 3. The molecule has 0 bridgehead atoms. The highest BCUT2D eigenvalue weighted by atomic mass is 32.2. The lowest BCUT2D eigenvalue weighted by Gasteiger charge is -2.10. The van der Waals surface area contributed by atoms with Crippen LogP contribution in [0.25, 0.3) is 11.6 Å². The highest BCUT2D eigenvalue weighted by Crippen LogP contribution is 2.29. The Balaban J connectivity index is 1.82. The highest BCUT2D eigenvalue weighted by molar-refractivity contribution is 7.91. The number of aromatic nitrogens is 3. The van der Waals surface area contributed by atoms with Gasteiger partial charge in [-0.25, -0.2) is 13.4 Å². The molecule has 0 fully saturated rings. The Labute approximate surface area is 181 Å². The zero-order valence-electron chi connectivity index (χ0n) is 16.7. The summed E-state index contributed by atoms with van der Waals surface area (Å²) in [6.07, 6.45) is -3.01. The minimum atomic E-state index is -4.89. The average Bonchev–Trinajstić information content (AvgIpc) is 3.15. The standard InChI is InChI=1S/C19H19F3N4O5S/c1-2-3-11(27)8-16-25-26-18(30-16)17-15(23)9-14(10-24-17)32(28,29)13-6-4-12(5-7-13)31-19(20,21)22/h4-7,9-11,27H,2-3,8,23H2,1H3/t11-/m0/s1. The quantitative estimate of drug-likeness (QED) is 0.505. The number of aliphatic hydroxyl groups excluding tert-OH is 1. The van der Waals surface area contributed by atoms with Gasteiger partial charge in [-0.05, 0) is 36.8 Å². The largest absolute Gasteiger partial charge is 0.573 e. The molecule has 0 aliphatic carbocycles. The molecule has 3 rings (SSSR count). The molecule has 32 heavy (non-hydrogen) atoms. The molecule has 0 saturated carbocycles. The van der Waals surface area contributed by atoms with Gasteiger partial charge < -0.3 is 20.0 Å². The van der Waals surface area contributed by atoms with E-state index < -0.39 is 28.1 Å². The van der Waals surface area contributed by atoms with E-state index in [1.807, 2.05) is 6.92 Å². The van der Waals surface area contributed by atoms with Crippen LogP contribution in [0.2, 0.25) is 0 Å². The second-order valence-electron chi connectivity index (χ2n) is 6.78. The van der Waals surface area contributed by atoms with Crippen molar-refractivity contribution in [2.45, 2.75) is 48.4 Å². The zero-order valence-corrected chi connectivity index (χ0v) is 17.5. The van der Waals surface area contributed by atoms with Crippen molar-refractivity contribution in [3.05, 3.63) is 42.4 Å². The molecule has 0 amide bonds. The monoisotopic (exact) mass is 472 g/mol. The van der Waals surface area contributed by atoms with Crippen molar-refractivity contribution in [1.82, 2.24) is 15.2 Å². The van der Waals surface area contributed by atoms with E-state index in [4.69, 9.17) is 10.2 Å². The first-order valence-electron chi connectivity index (χ1n) is 9.37. The van der Waals surface area contributed by atoms with Gasteiger partial charge in [-0.3, -0.25) is 0 Å². The predicted molar refractivity (Wildman–Crippen MR) is 105 cm³/mol. The van der Waals surface area contributed by atoms with E-state index in [2.05, 4.69) is 19.9 Å². The number of sulfone groups is 1. The van der Waals surface area contributed by atoms with Crippen molar-refractivity contribution in [2.24, 2.45) is 0 Å². The molecule has 3 aromatic rings. The molecule has 172 valence electrons. The molecule has 2 aromatic heterocycles. The predicted octanol–water partition coefficient (Wildman–Crippen LogP) is 3.15. The molecule has 0 radical (unpaired) electrons. The van der Waals surface area contributed by atoms with Crippen LogP contribution in [0.15, 0.2) is 50.7 Å². The summed E-state index contributed by atoms with van der Waals surface area (Å²) < 4.78 is 71.5. The number of benzene rings is 1. The summed E-state index contributed by atoms with van der Waals surface area (Å²) >= 11 is 0. The van der Waals surface area contributed by atoms with Crippen molar-refractivity contribution in [3.63, 3.8) is 0 Å². The van der Waals surface area contributed by atoms with Crippen LogP contribution in [-0.2, 0) is 16.3 Å². The Morgan fingerprint density at radius 1 is 1.19 bits per heavy atom. The van der Waals surface area contributed by atoms with Crippen LogP contribution in [0.3, 0.4) is 0 Å². The van der Waals surface area contributed by atoms with Crippen molar-refractivity contribution in [1.29, 1.82) is 0 Å². The molecule has 0 aliphatic heterocycles. The van der Waals surface area contributed by atoms with E-state index in [-0.39, 0.29) is 39.4 Å². The van der Waals surface area contributed by atoms with Crippen LogP contribution in [0.4, 0.5) is 18.9 Å². The number of alkyl halides is 3. The van der Waals surface area contributed by atoms with Crippen molar-refractivity contribution < 1.29 is 35.8 Å². The number of nitrogens with two attached hydrogens (primary N) is 1. The minimum absolute atomic E-state index is 0.0428. The molecule has 0 unspecified atom stereocenters. The summed E-state index contributed by atoms with van der Waals surface area (Å²) in [5, 5.41) is 17.5. The van der Waals surface area contributed by atoms with Crippen LogP contribution in [0, 0.1) is 0 Å². The Morgan fingerprint density at radius 3 is 2.47 bits per heavy atom. The smallest absolute Gasteiger partial charge is 0.419 e. The zero-order chi connectivity index (χ0) is 23.5. The second-order valence-corrected chi connectivity index (χ2v) is 8.73. The number of halogens is 3. The number of pyridine rings is 1. The SMILES string of the molecule is CCC[C@H](O)Cc1nnc(-c2ncc(S(=O)(=O)c3ccc(OC(F)(F)F)cc3)cc2N)o1. The van der Waals surface area contributed by atoms with Crippen LogP contribution in [0.1, 0.15) is 25.7 Å². The van der Waals surface area contributed by atoms with Gasteiger partial charge in [-0.2, -0.15) is 0 Å². The normalized spacial score (nSPS) is 13.2. The summed E-state index contributed by atoms with van der Waals surface area (Å²) in [4.78, 5) is 3.45. The maximum atomic E-state index is 12.8. The summed E-state index contributed by atoms with van der Waals surface area (Å²) in [5.41, 5.74) is 5.93. The molecule has 13 heteroatoms. The molecule has 2 heterocycles. The van der Waals surface area contributed by atoms with E-state index in [0.717, 1.165) is 42.9 Å². The second kappa shape index (κ2) is 9.12. The van der Waals surface area contributed by atoms with E-state index in [9.17, 15) is 26.7 Å². The molecule has 0 aliphatic rings. The molecular formula is C19H19F3N4O5S. The van der Waals surface area contributed by atoms with Gasteiger partial charge in [0, 0.05) is 6.20 Å². The van der Waals surface area contributed by atoms with E-state index in [0.29, 0.717) is 6.42 Å². The molecule has 0 saturated heterocycles. The number of rotatable bonds is 8. The van der Waals surface area contributed by atoms with Gasteiger partial charge in [0.05, 0.1) is 28.0 Å². The maximum Gasteiger partial charge on any atom is 0.573 e. The van der Waals surface area contributed by atoms with Crippen molar-refractivity contribution >= 4 is 15.5 Å². The number of hydrogen-bond acceptors (Lipinski definition) is 9. The van der Waals surface area contributed by atoms with Gasteiger partial charge in [0.15, 0.2) is 5.69 Å². The molecule has 3 N–H and O–H groups in total. The third-order valence-corrected chi connectivity index (χ3v) is 6.01.